The molecule has 1 heterocycles. The number of nitrogens with zero attached hydrogens (tertiary/aromatic N) is 1. The Balaban J connectivity index is 1.85. The maximum absolute atomic E-state index is 12.2. The zero-order valence-electron chi connectivity index (χ0n) is 14.4. The first-order chi connectivity index (χ1) is 13.4. The van der Waals surface area contributed by atoms with Crippen molar-refractivity contribution in [2.75, 3.05) is 0 Å². The second kappa shape index (κ2) is 8.00. The van der Waals surface area contributed by atoms with Gasteiger partial charge in [-0.05, 0) is 24.3 Å². The van der Waals surface area contributed by atoms with Crippen LogP contribution in [-0.2, 0) is 4.79 Å². The summed E-state index contributed by atoms with van der Waals surface area (Å²) in [6.07, 6.45) is 1.17. The second-order valence-corrected chi connectivity index (χ2v) is 5.69. The van der Waals surface area contributed by atoms with Gasteiger partial charge in [0.05, 0.1) is 4.92 Å². The van der Waals surface area contributed by atoms with Crippen LogP contribution in [0.15, 0.2) is 76.8 Å². The Labute approximate surface area is 158 Å². The van der Waals surface area contributed by atoms with Crippen LogP contribution in [0.3, 0.4) is 0 Å². The number of non-ortho nitro benzene ring substituents is 1. The molecule has 3 aromatic rings. The molecule has 1 amide bonds. The van der Waals surface area contributed by atoms with Crippen LogP contribution in [0.2, 0.25) is 0 Å². The first kappa shape index (κ1) is 18.6. The van der Waals surface area contributed by atoms with Gasteiger partial charge in [-0.25, -0.2) is 4.79 Å². The van der Waals surface area contributed by atoms with Crippen LogP contribution in [0.25, 0.3) is 17.4 Å². The Bertz CT molecular complexity index is 1070. The predicted molar refractivity (Wildman–Crippen MR) is 100 cm³/mol. The molecule has 28 heavy (non-hydrogen) atoms. The number of carbonyl (C=O) groups excluding carboxylic acids is 1. The highest BCUT2D eigenvalue weighted by Crippen LogP contribution is 2.26. The van der Waals surface area contributed by atoms with Gasteiger partial charge in [-0.2, -0.15) is 0 Å². The summed E-state index contributed by atoms with van der Waals surface area (Å²) in [5, 5.41) is 22.6. The number of benzene rings is 2. The number of hydrogen-bond donors (Lipinski definition) is 2. The molecule has 0 saturated carbocycles. The molecular formula is C20H14N2O6. The van der Waals surface area contributed by atoms with Crippen molar-refractivity contribution < 1.29 is 24.0 Å². The van der Waals surface area contributed by atoms with E-state index in [0.29, 0.717) is 16.9 Å². The minimum absolute atomic E-state index is 0.0904. The highest BCUT2D eigenvalue weighted by atomic mass is 16.6. The monoisotopic (exact) mass is 378 g/mol. The van der Waals surface area contributed by atoms with Gasteiger partial charge < -0.3 is 14.8 Å². The fourth-order valence-corrected chi connectivity index (χ4v) is 2.44. The van der Waals surface area contributed by atoms with Crippen molar-refractivity contribution in [3.8, 4) is 11.3 Å². The number of carboxylic acid groups (broad SMARTS) is 1. The highest BCUT2D eigenvalue weighted by Gasteiger charge is 2.15. The first-order valence-electron chi connectivity index (χ1n) is 8.10. The lowest BCUT2D eigenvalue weighted by molar-refractivity contribution is -0.384. The van der Waals surface area contributed by atoms with E-state index in [-0.39, 0.29) is 17.1 Å². The molecule has 2 aromatic carbocycles. The van der Waals surface area contributed by atoms with Crippen LogP contribution in [0, 0.1) is 10.1 Å². The third-order valence-electron chi connectivity index (χ3n) is 3.77. The number of rotatable bonds is 6. The number of furan rings is 1. The molecule has 2 N–H and O–H groups in total. The summed E-state index contributed by atoms with van der Waals surface area (Å²) >= 11 is 0. The number of aliphatic carboxylic acids is 1. The van der Waals surface area contributed by atoms with Gasteiger partial charge in [-0.3, -0.25) is 14.9 Å². The molecule has 0 aliphatic heterocycles. The normalized spacial score (nSPS) is 11.1. The molecule has 0 unspecified atom stereocenters. The molecule has 0 saturated heterocycles. The number of amides is 1. The molecule has 3 rings (SSSR count). The maximum Gasteiger partial charge on any atom is 0.352 e. The van der Waals surface area contributed by atoms with Gasteiger partial charge in [-0.15, -0.1) is 0 Å². The van der Waals surface area contributed by atoms with E-state index in [0.717, 1.165) is 0 Å². The average Bonchev–Trinajstić information content (AvgIpc) is 3.16. The molecule has 8 nitrogen and oxygen atoms in total. The van der Waals surface area contributed by atoms with Crippen LogP contribution in [0.5, 0.6) is 0 Å². The van der Waals surface area contributed by atoms with E-state index < -0.39 is 16.8 Å². The quantitative estimate of drug-likeness (QED) is 0.383. The molecule has 0 spiro atoms. The summed E-state index contributed by atoms with van der Waals surface area (Å²) in [7, 11) is 0. The summed E-state index contributed by atoms with van der Waals surface area (Å²) in [6.45, 7) is 0. The molecule has 0 bridgehead atoms. The van der Waals surface area contributed by atoms with Crippen LogP contribution in [0.4, 0.5) is 5.69 Å². The molecule has 0 radical (unpaired) electrons. The van der Waals surface area contributed by atoms with Crippen molar-refractivity contribution in [3.05, 3.63) is 93.9 Å². The zero-order chi connectivity index (χ0) is 20.1. The van der Waals surface area contributed by atoms with Gasteiger partial charge in [0, 0.05) is 29.3 Å². The largest absolute Gasteiger partial charge is 0.477 e. The van der Waals surface area contributed by atoms with E-state index in [9.17, 15) is 24.8 Å². The maximum atomic E-state index is 12.2. The van der Waals surface area contributed by atoms with E-state index >= 15 is 0 Å². The van der Waals surface area contributed by atoms with Gasteiger partial charge in [0.2, 0.25) is 0 Å². The Morgan fingerprint density at radius 1 is 1.04 bits per heavy atom. The van der Waals surface area contributed by atoms with Crippen LogP contribution >= 0.6 is 0 Å². The highest BCUT2D eigenvalue weighted by molar-refractivity contribution is 6.02. The molecule has 0 aliphatic carbocycles. The number of nitrogens with one attached hydrogen (secondary N) is 1. The topological polar surface area (TPSA) is 123 Å². The van der Waals surface area contributed by atoms with Crippen molar-refractivity contribution in [2.45, 2.75) is 0 Å². The third kappa shape index (κ3) is 4.31. The van der Waals surface area contributed by atoms with Gasteiger partial charge in [0.15, 0.2) is 0 Å². The minimum atomic E-state index is -1.34. The number of nitro benzene ring substituents is 1. The molecule has 140 valence electrons. The fraction of sp³-hybridized carbons (Fsp3) is 0. The molecular weight excluding hydrogens is 364 g/mol. The minimum Gasteiger partial charge on any atom is -0.477 e. The number of hydrogen-bond acceptors (Lipinski definition) is 5. The summed E-state index contributed by atoms with van der Waals surface area (Å²) in [4.78, 5) is 34.0. The summed E-state index contributed by atoms with van der Waals surface area (Å²) in [6, 6.07) is 17.1. The van der Waals surface area contributed by atoms with Crippen molar-refractivity contribution in [3.63, 3.8) is 0 Å². The number of carbonyl (C=O) groups is 2. The average molecular weight is 378 g/mol. The van der Waals surface area contributed by atoms with Crippen molar-refractivity contribution >= 4 is 23.6 Å². The Kier molecular flexibility index (Phi) is 5.31. The van der Waals surface area contributed by atoms with Gasteiger partial charge in [0.1, 0.15) is 17.2 Å². The van der Waals surface area contributed by atoms with E-state index in [1.165, 1.54) is 30.3 Å². The molecule has 8 heteroatoms. The lowest BCUT2D eigenvalue weighted by Crippen LogP contribution is -2.27. The first-order valence-corrected chi connectivity index (χ1v) is 8.10. The van der Waals surface area contributed by atoms with Crippen molar-refractivity contribution in [1.29, 1.82) is 0 Å². The Morgan fingerprint density at radius 2 is 1.79 bits per heavy atom. The van der Waals surface area contributed by atoms with Crippen molar-refractivity contribution in [1.82, 2.24) is 5.32 Å². The van der Waals surface area contributed by atoms with E-state index in [4.69, 9.17) is 4.42 Å². The van der Waals surface area contributed by atoms with Crippen LogP contribution < -0.4 is 5.32 Å². The Morgan fingerprint density at radius 3 is 2.46 bits per heavy atom. The molecule has 1 aromatic heterocycles. The molecule has 0 fully saturated rings. The summed E-state index contributed by atoms with van der Waals surface area (Å²) in [5.41, 5.74) is 0.326. The molecule has 0 atom stereocenters. The van der Waals surface area contributed by atoms with Gasteiger partial charge >= 0.3 is 5.97 Å². The zero-order valence-corrected chi connectivity index (χ0v) is 14.4. The van der Waals surface area contributed by atoms with Crippen LogP contribution in [0.1, 0.15) is 16.1 Å². The lowest BCUT2D eigenvalue weighted by Gasteiger charge is -2.05. The van der Waals surface area contributed by atoms with Crippen LogP contribution in [-0.4, -0.2) is 21.9 Å². The lowest BCUT2D eigenvalue weighted by atomic mass is 10.1. The number of carboxylic acids is 1. The third-order valence-corrected chi connectivity index (χ3v) is 3.77. The van der Waals surface area contributed by atoms with E-state index in [2.05, 4.69) is 5.32 Å². The second-order valence-electron chi connectivity index (χ2n) is 5.69. The smallest absolute Gasteiger partial charge is 0.352 e. The van der Waals surface area contributed by atoms with E-state index in [1.807, 2.05) is 0 Å². The standard InChI is InChI=1S/C20H14N2O6/c23-19(13-5-2-1-3-6-13)21-17(20(24)25)12-16-9-10-18(28-16)14-7-4-8-15(11-14)22(26)27/h1-12H,(H,21,23)(H,24,25)/b17-12+. The van der Waals surface area contributed by atoms with Gasteiger partial charge in [0.25, 0.3) is 11.6 Å². The Hall–Kier alpha value is -4.20. The van der Waals surface area contributed by atoms with Gasteiger partial charge in [-0.1, -0.05) is 30.3 Å². The number of nitro groups is 1. The fourth-order valence-electron chi connectivity index (χ4n) is 2.44. The summed E-state index contributed by atoms with van der Waals surface area (Å²) < 4.78 is 5.56. The summed E-state index contributed by atoms with van der Waals surface area (Å²) in [5.74, 6) is -1.40. The van der Waals surface area contributed by atoms with Crippen molar-refractivity contribution in [2.24, 2.45) is 0 Å². The van der Waals surface area contributed by atoms with E-state index in [1.54, 1.807) is 42.5 Å². The predicted octanol–water partition coefficient (Wildman–Crippen LogP) is 3.71. The molecule has 0 aliphatic rings. The SMILES string of the molecule is O=C(O)/C(=C\c1ccc(-c2cccc([N+](=O)[O-])c2)o1)NC(=O)c1ccccc1.